The summed E-state index contributed by atoms with van der Waals surface area (Å²) in [5.74, 6) is -0.936. The molecule has 0 bridgehead atoms. The van der Waals surface area contributed by atoms with Gasteiger partial charge in [-0.15, -0.1) is 0 Å². The lowest BCUT2D eigenvalue weighted by Crippen LogP contribution is -2.25. The molecule has 0 radical (unpaired) electrons. The molecule has 1 atom stereocenters. The van der Waals surface area contributed by atoms with E-state index in [1.54, 1.807) is 19.2 Å². The van der Waals surface area contributed by atoms with Crippen LogP contribution in [0.15, 0.2) is 29.4 Å². The van der Waals surface area contributed by atoms with Gasteiger partial charge in [0.05, 0.1) is 18.2 Å². The molecule has 0 aliphatic heterocycles. The van der Waals surface area contributed by atoms with Crippen molar-refractivity contribution in [1.82, 2.24) is 0 Å². The lowest BCUT2D eigenvalue weighted by atomic mass is 10.1. The van der Waals surface area contributed by atoms with E-state index in [0.717, 1.165) is 0 Å². The second-order valence-corrected chi connectivity index (χ2v) is 2.42. The first kappa shape index (κ1) is 16.0. The van der Waals surface area contributed by atoms with Crippen molar-refractivity contribution in [3.63, 3.8) is 0 Å². The van der Waals surface area contributed by atoms with Crippen LogP contribution in [-0.2, 0) is 4.79 Å². The molecule has 0 aliphatic rings. The summed E-state index contributed by atoms with van der Waals surface area (Å²) in [4.78, 5) is 14.3. The van der Waals surface area contributed by atoms with E-state index in [1.165, 1.54) is 6.08 Å². The number of nitrogens with zero attached hydrogens (tertiary/aromatic N) is 1. The number of rotatable bonds is 5. The van der Waals surface area contributed by atoms with Crippen LogP contribution in [0.4, 0.5) is 0 Å². The first-order valence-corrected chi connectivity index (χ1v) is 4.90. The Morgan fingerprint density at radius 2 is 2.13 bits per heavy atom. The molecule has 0 unspecified atom stereocenters. The molecule has 15 heavy (non-hydrogen) atoms. The average molecular weight is 212 g/mol. The number of allylic oxidation sites excluding steroid dienone is 2. The fourth-order valence-electron chi connectivity index (χ4n) is 0.825. The first-order chi connectivity index (χ1) is 7.11. The number of aliphatic imine (C=N–C) groups is 1. The van der Waals surface area contributed by atoms with E-state index in [1.807, 2.05) is 13.8 Å². The third kappa shape index (κ3) is 8.90. The van der Waals surface area contributed by atoms with Crippen LogP contribution in [0, 0.1) is 0 Å². The molecular weight excluding hydrogens is 192 g/mol. The molecule has 0 saturated carbocycles. The van der Waals surface area contributed by atoms with Gasteiger partial charge in [0, 0.05) is 6.21 Å². The highest BCUT2D eigenvalue weighted by Crippen LogP contribution is 2.05. The fourth-order valence-corrected chi connectivity index (χ4v) is 0.825. The Morgan fingerprint density at radius 1 is 1.60 bits per heavy atom. The van der Waals surface area contributed by atoms with Crippen LogP contribution in [0.5, 0.6) is 0 Å². The average Bonchev–Trinajstić information content (AvgIpc) is 2.19. The van der Waals surface area contributed by atoms with Gasteiger partial charge in [-0.1, -0.05) is 26.5 Å². The first-order valence-electron chi connectivity index (χ1n) is 4.90. The van der Waals surface area contributed by atoms with Gasteiger partial charge in [0.15, 0.2) is 0 Å². The molecule has 4 heteroatoms. The Balaban J connectivity index is 0. The Hall–Kier alpha value is -1.42. The Labute approximate surface area is 91.2 Å². The number of carboxylic acids is 1. The van der Waals surface area contributed by atoms with Gasteiger partial charge in [-0.25, -0.2) is 0 Å². The van der Waals surface area contributed by atoms with Crippen molar-refractivity contribution >= 4 is 12.2 Å². The molecule has 0 aromatic rings. The van der Waals surface area contributed by atoms with Crippen LogP contribution in [-0.4, -0.2) is 23.3 Å². The maximum atomic E-state index is 10.3. The van der Waals surface area contributed by atoms with Gasteiger partial charge in [-0.2, -0.15) is 0 Å². The normalized spacial score (nSPS) is 12.9. The highest BCUT2D eigenvalue weighted by atomic mass is 16.4. The van der Waals surface area contributed by atoms with E-state index in [2.05, 4.69) is 11.6 Å². The van der Waals surface area contributed by atoms with Gasteiger partial charge in [0.2, 0.25) is 0 Å². The van der Waals surface area contributed by atoms with Crippen molar-refractivity contribution in [1.29, 1.82) is 0 Å². The van der Waals surface area contributed by atoms with Gasteiger partial charge < -0.3 is 10.8 Å². The van der Waals surface area contributed by atoms with Crippen molar-refractivity contribution in [2.24, 2.45) is 10.7 Å². The molecule has 0 rings (SSSR count). The SMILES string of the molecule is C=C/C=C(\N=CC)[C@H](N)CC(=O)O.CC. The van der Waals surface area contributed by atoms with E-state index in [9.17, 15) is 4.79 Å². The zero-order valence-corrected chi connectivity index (χ0v) is 9.60. The summed E-state index contributed by atoms with van der Waals surface area (Å²) < 4.78 is 0. The zero-order chi connectivity index (χ0) is 12.3. The predicted octanol–water partition coefficient (Wildman–Crippen LogP) is 1.98. The monoisotopic (exact) mass is 212 g/mol. The molecule has 0 aliphatic carbocycles. The summed E-state index contributed by atoms with van der Waals surface area (Å²) in [7, 11) is 0. The highest BCUT2D eigenvalue weighted by Gasteiger charge is 2.11. The number of hydrogen-bond acceptors (Lipinski definition) is 3. The topological polar surface area (TPSA) is 75.7 Å². The minimum atomic E-state index is -0.936. The van der Waals surface area contributed by atoms with Crippen molar-refractivity contribution in [3.05, 3.63) is 24.4 Å². The van der Waals surface area contributed by atoms with Gasteiger partial charge >= 0.3 is 5.97 Å². The number of hydrogen-bond donors (Lipinski definition) is 2. The van der Waals surface area contributed by atoms with Gasteiger partial charge in [0.25, 0.3) is 0 Å². The molecular formula is C11H20N2O2. The molecule has 0 fully saturated rings. The number of carbonyl (C=O) groups is 1. The van der Waals surface area contributed by atoms with E-state index in [-0.39, 0.29) is 6.42 Å². The number of aliphatic carboxylic acids is 1. The van der Waals surface area contributed by atoms with E-state index >= 15 is 0 Å². The molecule has 0 heterocycles. The van der Waals surface area contributed by atoms with E-state index < -0.39 is 12.0 Å². The minimum Gasteiger partial charge on any atom is -0.481 e. The Bertz CT molecular complexity index is 245. The largest absolute Gasteiger partial charge is 0.481 e. The van der Waals surface area contributed by atoms with Gasteiger partial charge in [-0.3, -0.25) is 9.79 Å². The third-order valence-electron chi connectivity index (χ3n) is 1.34. The van der Waals surface area contributed by atoms with Gasteiger partial charge in [-0.05, 0) is 13.0 Å². The van der Waals surface area contributed by atoms with Crippen molar-refractivity contribution in [2.75, 3.05) is 0 Å². The van der Waals surface area contributed by atoms with Crippen molar-refractivity contribution in [2.45, 2.75) is 33.2 Å². The maximum Gasteiger partial charge on any atom is 0.305 e. The lowest BCUT2D eigenvalue weighted by Gasteiger charge is -2.08. The van der Waals surface area contributed by atoms with E-state index in [0.29, 0.717) is 5.70 Å². The molecule has 0 amide bonds. The zero-order valence-electron chi connectivity index (χ0n) is 9.60. The summed E-state index contributed by atoms with van der Waals surface area (Å²) in [5, 5.41) is 8.48. The van der Waals surface area contributed by atoms with Crippen LogP contribution in [0.2, 0.25) is 0 Å². The second-order valence-electron chi connectivity index (χ2n) is 2.42. The summed E-state index contributed by atoms with van der Waals surface area (Å²) >= 11 is 0. The smallest absolute Gasteiger partial charge is 0.305 e. The number of carboxylic acid groups (broad SMARTS) is 1. The predicted molar refractivity (Wildman–Crippen MR) is 64.0 cm³/mol. The molecule has 0 aromatic carbocycles. The summed E-state index contributed by atoms with van der Waals surface area (Å²) in [6.45, 7) is 9.23. The molecule has 4 nitrogen and oxygen atoms in total. The molecule has 3 N–H and O–H groups in total. The lowest BCUT2D eigenvalue weighted by molar-refractivity contribution is -0.137. The summed E-state index contributed by atoms with van der Waals surface area (Å²) in [5.41, 5.74) is 6.11. The third-order valence-corrected chi connectivity index (χ3v) is 1.34. The quantitative estimate of drug-likeness (QED) is 0.540. The summed E-state index contributed by atoms with van der Waals surface area (Å²) in [6, 6.07) is -0.577. The summed E-state index contributed by atoms with van der Waals surface area (Å²) in [6.07, 6.45) is 4.58. The van der Waals surface area contributed by atoms with Crippen molar-refractivity contribution in [3.8, 4) is 0 Å². The van der Waals surface area contributed by atoms with Crippen molar-refractivity contribution < 1.29 is 9.90 Å². The maximum absolute atomic E-state index is 10.3. The van der Waals surface area contributed by atoms with Crippen LogP contribution in [0.1, 0.15) is 27.2 Å². The van der Waals surface area contributed by atoms with Gasteiger partial charge in [0.1, 0.15) is 0 Å². The van der Waals surface area contributed by atoms with E-state index in [4.69, 9.17) is 10.8 Å². The standard InChI is InChI=1S/C9H14N2O2.C2H6/c1-3-5-8(11-4-2)7(10)6-9(12)13;1-2/h3-5,7H,1,6,10H2,2H3,(H,12,13);1-2H3/b8-5-,11-4?;/t7-;/m1./s1. The molecule has 0 saturated heterocycles. The minimum absolute atomic E-state index is 0.128. The van der Waals surface area contributed by atoms with Crippen LogP contribution >= 0.6 is 0 Å². The molecule has 0 aromatic heterocycles. The molecule has 0 spiro atoms. The fraction of sp³-hybridized carbons (Fsp3) is 0.455. The van der Waals surface area contributed by atoms with Crippen LogP contribution in [0.25, 0.3) is 0 Å². The van der Waals surface area contributed by atoms with Crippen LogP contribution in [0.3, 0.4) is 0 Å². The Morgan fingerprint density at radius 3 is 2.47 bits per heavy atom. The van der Waals surface area contributed by atoms with Crippen LogP contribution < -0.4 is 5.73 Å². The highest BCUT2D eigenvalue weighted by molar-refractivity contribution is 5.68. The second kappa shape index (κ2) is 10.7. The molecule has 86 valence electrons. The number of nitrogens with two attached hydrogens (primary N) is 1. The Kier molecular flexibility index (Phi) is 11.4.